The van der Waals surface area contributed by atoms with E-state index in [0.29, 0.717) is 11.3 Å². The van der Waals surface area contributed by atoms with Crippen LogP contribution in [0.25, 0.3) is 0 Å². The number of carbonyl (C=O) groups excluding carboxylic acids is 1. The van der Waals surface area contributed by atoms with Crippen LogP contribution in [0.5, 0.6) is 5.75 Å². The molecule has 20 heavy (non-hydrogen) atoms. The quantitative estimate of drug-likeness (QED) is 0.791. The van der Waals surface area contributed by atoms with E-state index in [4.69, 9.17) is 4.74 Å². The molecule has 0 bridgehead atoms. The minimum atomic E-state index is -0.693. The fraction of sp³-hybridized carbons (Fsp3) is 0.133. The normalized spacial score (nSPS) is 10.2. The van der Waals surface area contributed by atoms with Crippen molar-refractivity contribution in [1.29, 1.82) is 0 Å². The van der Waals surface area contributed by atoms with E-state index < -0.39 is 11.8 Å². The van der Waals surface area contributed by atoms with Crippen molar-refractivity contribution in [3.8, 4) is 5.75 Å². The molecule has 0 aliphatic rings. The summed E-state index contributed by atoms with van der Waals surface area (Å²) in [6, 6.07) is 11.7. The largest absolute Gasteiger partial charge is 0.489 e. The van der Waals surface area contributed by atoms with Crippen molar-refractivity contribution < 1.29 is 18.7 Å². The van der Waals surface area contributed by atoms with Crippen molar-refractivity contribution in [2.75, 3.05) is 7.11 Å². The van der Waals surface area contributed by atoms with Gasteiger partial charge in [-0.15, -0.1) is 0 Å². The van der Waals surface area contributed by atoms with Crippen LogP contribution in [0.1, 0.15) is 15.9 Å². The van der Waals surface area contributed by atoms with E-state index in [2.05, 4.69) is 20.7 Å². The van der Waals surface area contributed by atoms with Gasteiger partial charge in [-0.05, 0) is 35.9 Å². The molecule has 0 saturated carbocycles. The summed E-state index contributed by atoms with van der Waals surface area (Å²) in [7, 11) is 1.21. The van der Waals surface area contributed by atoms with Crippen molar-refractivity contribution >= 4 is 21.9 Å². The Morgan fingerprint density at radius 3 is 2.70 bits per heavy atom. The van der Waals surface area contributed by atoms with Crippen LogP contribution < -0.4 is 4.74 Å². The first-order chi connectivity index (χ1) is 9.60. The Kier molecular flexibility index (Phi) is 4.74. The van der Waals surface area contributed by atoms with Crippen LogP contribution in [0.3, 0.4) is 0 Å². The summed E-state index contributed by atoms with van der Waals surface area (Å²) in [6.07, 6.45) is 0. The smallest absolute Gasteiger partial charge is 0.340 e. The predicted octanol–water partition coefficient (Wildman–Crippen LogP) is 3.95. The Morgan fingerprint density at radius 2 is 2.05 bits per heavy atom. The van der Waals surface area contributed by atoms with Gasteiger partial charge in [-0.1, -0.05) is 28.1 Å². The second kappa shape index (κ2) is 6.52. The third kappa shape index (κ3) is 3.57. The number of rotatable bonds is 4. The van der Waals surface area contributed by atoms with Gasteiger partial charge < -0.3 is 9.47 Å². The number of hydrogen-bond acceptors (Lipinski definition) is 3. The number of benzene rings is 2. The molecule has 104 valence electrons. The van der Waals surface area contributed by atoms with Crippen LogP contribution in [0.15, 0.2) is 46.9 Å². The third-order valence-corrected chi connectivity index (χ3v) is 3.13. The summed E-state index contributed by atoms with van der Waals surface area (Å²) in [5.41, 5.74) is 0.550. The molecule has 0 aliphatic carbocycles. The van der Waals surface area contributed by atoms with Gasteiger partial charge in [0.1, 0.15) is 18.2 Å². The molecule has 0 unspecified atom stereocenters. The molecule has 0 N–H and O–H groups in total. The molecule has 0 amide bonds. The molecule has 2 aromatic rings. The molecule has 0 aliphatic heterocycles. The lowest BCUT2D eigenvalue weighted by Gasteiger charge is -2.08. The minimum Gasteiger partial charge on any atom is -0.489 e. The van der Waals surface area contributed by atoms with Crippen molar-refractivity contribution in [2.24, 2.45) is 0 Å². The molecule has 0 radical (unpaired) electrons. The van der Waals surface area contributed by atoms with Gasteiger partial charge in [-0.3, -0.25) is 0 Å². The lowest BCUT2D eigenvalue weighted by Crippen LogP contribution is -2.05. The van der Waals surface area contributed by atoms with Gasteiger partial charge in [0.2, 0.25) is 0 Å². The highest BCUT2D eigenvalue weighted by atomic mass is 79.9. The van der Waals surface area contributed by atoms with Gasteiger partial charge in [-0.2, -0.15) is 0 Å². The topological polar surface area (TPSA) is 35.5 Å². The van der Waals surface area contributed by atoms with Crippen molar-refractivity contribution in [1.82, 2.24) is 0 Å². The predicted molar refractivity (Wildman–Crippen MR) is 76.2 cm³/mol. The number of halogens is 2. The van der Waals surface area contributed by atoms with Gasteiger partial charge in [0, 0.05) is 4.47 Å². The van der Waals surface area contributed by atoms with Gasteiger partial charge in [0.15, 0.2) is 0 Å². The van der Waals surface area contributed by atoms with Crippen molar-refractivity contribution in [2.45, 2.75) is 6.61 Å². The summed E-state index contributed by atoms with van der Waals surface area (Å²) >= 11 is 3.34. The van der Waals surface area contributed by atoms with E-state index in [9.17, 15) is 9.18 Å². The molecule has 0 saturated heterocycles. The van der Waals surface area contributed by atoms with E-state index in [1.165, 1.54) is 19.2 Å². The Bertz CT molecular complexity index is 628. The van der Waals surface area contributed by atoms with Gasteiger partial charge >= 0.3 is 5.97 Å². The van der Waals surface area contributed by atoms with Crippen LogP contribution in [-0.2, 0) is 11.3 Å². The van der Waals surface area contributed by atoms with Gasteiger partial charge in [0.05, 0.1) is 12.7 Å². The maximum Gasteiger partial charge on any atom is 0.340 e. The van der Waals surface area contributed by atoms with Crippen LogP contribution in [0.4, 0.5) is 4.39 Å². The highest BCUT2D eigenvalue weighted by Crippen LogP contribution is 2.19. The molecule has 0 spiro atoms. The van der Waals surface area contributed by atoms with E-state index in [1.807, 2.05) is 24.3 Å². The average molecular weight is 339 g/mol. The first-order valence-electron chi connectivity index (χ1n) is 5.85. The van der Waals surface area contributed by atoms with Crippen LogP contribution in [-0.4, -0.2) is 13.1 Å². The summed E-state index contributed by atoms with van der Waals surface area (Å²) in [6.45, 7) is 0.217. The standard InChI is InChI=1S/C15H12BrFO3/c1-19-15(18)13-6-5-10(7-14(13)17)9-20-12-4-2-3-11(16)8-12/h2-8H,9H2,1H3. The Balaban J connectivity index is 2.07. The zero-order chi connectivity index (χ0) is 14.5. The first kappa shape index (κ1) is 14.5. The molecule has 3 nitrogen and oxygen atoms in total. The number of ether oxygens (including phenoxy) is 2. The second-order valence-corrected chi connectivity index (χ2v) is 4.97. The number of methoxy groups -OCH3 is 1. The van der Waals surface area contributed by atoms with E-state index in [0.717, 1.165) is 4.47 Å². The molecule has 5 heteroatoms. The van der Waals surface area contributed by atoms with Crippen LogP contribution >= 0.6 is 15.9 Å². The van der Waals surface area contributed by atoms with E-state index >= 15 is 0 Å². The molecular formula is C15H12BrFO3. The second-order valence-electron chi connectivity index (χ2n) is 4.05. The van der Waals surface area contributed by atoms with E-state index in [1.54, 1.807) is 6.07 Å². The molecule has 0 atom stereocenters. The van der Waals surface area contributed by atoms with Crippen molar-refractivity contribution in [3.05, 3.63) is 63.9 Å². The average Bonchev–Trinajstić information content (AvgIpc) is 2.44. The third-order valence-electron chi connectivity index (χ3n) is 2.64. The lowest BCUT2D eigenvalue weighted by atomic mass is 10.1. The molecule has 0 heterocycles. The zero-order valence-corrected chi connectivity index (χ0v) is 12.3. The zero-order valence-electron chi connectivity index (χ0n) is 10.7. The fourth-order valence-electron chi connectivity index (χ4n) is 1.65. The monoisotopic (exact) mass is 338 g/mol. The first-order valence-corrected chi connectivity index (χ1v) is 6.64. The highest BCUT2D eigenvalue weighted by Gasteiger charge is 2.12. The molecule has 2 rings (SSSR count). The van der Waals surface area contributed by atoms with Crippen LogP contribution in [0.2, 0.25) is 0 Å². The Hall–Kier alpha value is -1.88. The number of esters is 1. The number of carbonyl (C=O) groups is 1. The molecule has 0 fully saturated rings. The maximum absolute atomic E-state index is 13.7. The number of hydrogen-bond donors (Lipinski definition) is 0. The minimum absolute atomic E-state index is 0.0845. The summed E-state index contributed by atoms with van der Waals surface area (Å²) < 4.78 is 24.6. The SMILES string of the molecule is COC(=O)c1ccc(COc2cccc(Br)c2)cc1F. The van der Waals surface area contributed by atoms with Crippen molar-refractivity contribution in [3.63, 3.8) is 0 Å². The summed E-state index contributed by atoms with van der Waals surface area (Å²) in [5.74, 6) is -0.633. The van der Waals surface area contributed by atoms with Gasteiger partial charge in [-0.25, -0.2) is 9.18 Å². The molecule has 2 aromatic carbocycles. The highest BCUT2D eigenvalue weighted by molar-refractivity contribution is 9.10. The maximum atomic E-state index is 13.7. The lowest BCUT2D eigenvalue weighted by molar-refractivity contribution is 0.0595. The molecule has 0 aromatic heterocycles. The van der Waals surface area contributed by atoms with E-state index in [-0.39, 0.29) is 12.2 Å². The van der Waals surface area contributed by atoms with Crippen LogP contribution in [0, 0.1) is 5.82 Å². The Morgan fingerprint density at radius 1 is 1.25 bits per heavy atom. The summed E-state index contributed by atoms with van der Waals surface area (Å²) in [4.78, 5) is 11.3. The Labute approximate surface area is 124 Å². The van der Waals surface area contributed by atoms with Gasteiger partial charge in [0.25, 0.3) is 0 Å². The molecular weight excluding hydrogens is 327 g/mol. The summed E-state index contributed by atoms with van der Waals surface area (Å²) in [5, 5.41) is 0. The fourth-order valence-corrected chi connectivity index (χ4v) is 2.03.